The van der Waals surface area contributed by atoms with Crippen LogP contribution in [0, 0.1) is 0 Å². The van der Waals surface area contributed by atoms with Crippen molar-refractivity contribution in [2.45, 2.75) is 17.9 Å². The lowest BCUT2D eigenvalue weighted by Gasteiger charge is -2.13. The monoisotopic (exact) mass is 344 g/mol. The van der Waals surface area contributed by atoms with E-state index in [1.165, 1.54) is 12.1 Å². The van der Waals surface area contributed by atoms with Gasteiger partial charge in [-0.15, -0.1) is 0 Å². The Labute approximate surface area is 120 Å². The molecule has 19 heavy (non-hydrogen) atoms. The Kier molecular flexibility index (Phi) is 3.98. The third-order valence-electron chi connectivity index (χ3n) is 2.59. The fourth-order valence-corrected chi connectivity index (χ4v) is 2.46. The van der Waals surface area contributed by atoms with Crippen LogP contribution in [0.4, 0.5) is 5.69 Å². The van der Waals surface area contributed by atoms with E-state index >= 15 is 0 Å². The summed E-state index contributed by atoms with van der Waals surface area (Å²) in [6.45, 7) is 1.94. The Hall–Kier alpha value is -1.31. The van der Waals surface area contributed by atoms with Crippen LogP contribution >= 0.6 is 15.9 Å². The highest BCUT2D eigenvalue weighted by atomic mass is 79.9. The number of anilines is 1. The lowest BCUT2D eigenvalue weighted by atomic mass is 10.2. The number of sulfonamides is 1. The van der Waals surface area contributed by atoms with Crippen molar-refractivity contribution in [3.8, 4) is 0 Å². The van der Waals surface area contributed by atoms with Crippen LogP contribution in [0.2, 0.25) is 0 Å². The van der Waals surface area contributed by atoms with Gasteiger partial charge >= 0.3 is 0 Å². The van der Waals surface area contributed by atoms with E-state index in [4.69, 9.17) is 9.56 Å². The molecule has 0 spiro atoms. The van der Waals surface area contributed by atoms with Crippen molar-refractivity contribution in [2.75, 3.05) is 5.32 Å². The van der Waals surface area contributed by atoms with E-state index in [-0.39, 0.29) is 10.9 Å². The summed E-state index contributed by atoms with van der Waals surface area (Å²) in [6.07, 6.45) is 0. The van der Waals surface area contributed by atoms with Gasteiger partial charge in [0.05, 0.1) is 10.9 Å². The first-order chi connectivity index (χ1) is 8.86. The fourth-order valence-electron chi connectivity index (χ4n) is 1.62. The predicted molar refractivity (Wildman–Crippen MR) is 76.3 cm³/mol. The SMILES string of the molecule is CC(Nc1ccc(S(N)(=O)=O)cc1)c1ccc(Br)o1. The minimum atomic E-state index is -3.65. The average molecular weight is 345 g/mol. The van der Waals surface area contributed by atoms with Gasteiger partial charge in [-0.3, -0.25) is 0 Å². The number of nitrogens with one attached hydrogen (secondary N) is 1. The van der Waals surface area contributed by atoms with Gasteiger partial charge in [0.25, 0.3) is 0 Å². The number of nitrogens with two attached hydrogens (primary N) is 1. The number of furan rings is 1. The summed E-state index contributed by atoms with van der Waals surface area (Å²) in [5.41, 5.74) is 0.785. The van der Waals surface area contributed by atoms with Crippen LogP contribution in [0.5, 0.6) is 0 Å². The van der Waals surface area contributed by atoms with Crippen molar-refractivity contribution in [2.24, 2.45) is 5.14 Å². The summed E-state index contributed by atoms with van der Waals surface area (Å²) in [5.74, 6) is 0.780. The molecule has 102 valence electrons. The zero-order chi connectivity index (χ0) is 14.0. The third-order valence-corrected chi connectivity index (χ3v) is 3.94. The number of hydrogen-bond acceptors (Lipinski definition) is 4. The highest BCUT2D eigenvalue weighted by molar-refractivity contribution is 9.10. The fraction of sp³-hybridized carbons (Fsp3) is 0.167. The first-order valence-corrected chi connectivity index (χ1v) is 7.85. The van der Waals surface area contributed by atoms with Crippen molar-refractivity contribution in [3.63, 3.8) is 0 Å². The topological polar surface area (TPSA) is 85.3 Å². The molecule has 2 aromatic rings. The van der Waals surface area contributed by atoms with Crippen molar-refractivity contribution < 1.29 is 12.8 Å². The van der Waals surface area contributed by atoms with E-state index in [1.54, 1.807) is 12.1 Å². The molecule has 0 fully saturated rings. The molecule has 1 unspecified atom stereocenters. The van der Waals surface area contributed by atoms with E-state index in [0.29, 0.717) is 4.67 Å². The van der Waals surface area contributed by atoms with Crippen LogP contribution in [0.25, 0.3) is 0 Å². The van der Waals surface area contributed by atoms with Gasteiger partial charge in [-0.05, 0) is 59.3 Å². The maximum atomic E-state index is 11.1. The highest BCUT2D eigenvalue weighted by Gasteiger charge is 2.11. The minimum Gasteiger partial charge on any atom is -0.452 e. The first kappa shape index (κ1) is 14.1. The van der Waals surface area contributed by atoms with E-state index in [9.17, 15) is 8.42 Å². The number of primary sulfonamides is 1. The van der Waals surface area contributed by atoms with E-state index < -0.39 is 10.0 Å². The molecule has 0 aliphatic heterocycles. The summed E-state index contributed by atoms with van der Waals surface area (Å²) in [4.78, 5) is 0.0893. The van der Waals surface area contributed by atoms with Crippen LogP contribution < -0.4 is 10.5 Å². The van der Waals surface area contributed by atoms with Crippen LogP contribution in [0.1, 0.15) is 18.7 Å². The van der Waals surface area contributed by atoms with Gasteiger partial charge in [0.15, 0.2) is 4.67 Å². The highest BCUT2D eigenvalue weighted by Crippen LogP contribution is 2.24. The van der Waals surface area contributed by atoms with Crippen LogP contribution in [0.15, 0.2) is 50.4 Å². The van der Waals surface area contributed by atoms with Crippen molar-refractivity contribution >= 4 is 31.6 Å². The molecule has 0 radical (unpaired) electrons. The zero-order valence-electron chi connectivity index (χ0n) is 10.1. The summed E-state index contributed by atoms with van der Waals surface area (Å²) in [6, 6.07) is 9.89. The molecule has 3 N–H and O–H groups in total. The maximum Gasteiger partial charge on any atom is 0.238 e. The van der Waals surface area contributed by atoms with Crippen LogP contribution in [-0.2, 0) is 10.0 Å². The molecule has 0 aliphatic rings. The largest absolute Gasteiger partial charge is 0.452 e. The van der Waals surface area contributed by atoms with Crippen LogP contribution in [-0.4, -0.2) is 8.42 Å². The zero-order valence-corrected chi connectivity index (χ0v) is 12.5. The van der Waals surface area contributed by atoms with Crippen molar-refractivity contribution in [3.05, 3.63) is 46.8 Å². The number of halogens is 1. The van der Waals surface area contributed by atoms with Gasteiger partial charge in [0.2, 0.25) is 10.0 Å². The minimum absolute atomic E-state index is 0.0355. The molecule has 0 amide bonds. The molecule has 0 aliphatic carbocycles. The van der Waals surface area contributed by atoms with E-state index in [0.717, 1.165) is 11.4 Å². The van der Waals surface area contributed by atoms with Gasteiger partial charge in [0.1, 0.15) is 5.76 Å². The molecule has 5 nitrogen and oxygen atoms in total. The molecule has 2 rings (SSSR count). The second kappa shape index (κ2) is 5.36. The molecule has 0 bridgehead atoms. The molecular weight excluding hydrogens is 332 g/mol. The van der Waals surface area contributed by atoms with Crippen molar-refractivity contribution in [1.29, 1.82) is 0 Å². The average Bonchev–Trinajstić information content (AvgIpc) is 2.75. The first-order valence-electron chi connectivity index (χ1n) is 5.51. The van der Waals surface area contributed by atoms with Gasteiger partial charge in [-0.2, -0.15) is 0 Å². The molecule has 0 saturated carbocycles. The number of rotatable bonds is 4. The second-order valence-electron chi connectivity index (χ2n) is 4.08. The maximum absolute atomic E-state index is 11.1. The van der Waals surface area contributed by atoms with Gasteiger partial charge < -0.3 is 9.73 Å². The normalized spacial score (nSPS) is 13.2. The van der Waals surface area contributed by atoms with Gasteiger partial charge in [0, 0.05) is 5.69 Å². The lowest BCUT2D eigenvalue weighted by molar-refractivity contribution is 0.471. The second-order valence-corrected chi connectivity index (χ2v) is 6.42. The molecule has 1 aromatic carbocycles. The molecule has 1 aromatic heterocycles. The molecule has 1 atom stereocenters. The Morgan fingerprint density at radius 3 is 2.32 bits per heavy atom. The summed E-state index contributed by atoms with van der Waals surface area (Å²) in [5, 5.41) is 8.23. The van der Waals surface area contributed by atoms with Crippen LogP contribution in [0.3, 0.4) is 0 Å². The molecule has 7 heteroatoms. The van der Waals surface area contributed by atoms with E-state index in [2.05, 4.69) is 21.2 Å². The van der Waals surface area contributed by atoms with Gasteiger partial charge in [-0.25, -0.2) is 13.6 Å². The lowest BCUT2D eigenvalue weighted by Crippen LogP contribution is -2.12. The Balaban J connectivity index is 2.12. The molecule has 0 saturated heterocycles. The van der Waals surface area contributed by atoms with Crippen molar-refractivity contribution in [1.82, 2.24) is 0 Å². The quantitative estimate of drug-likeness (QED) is 0.892. The summed E-state index contributed by atoms with van der Waals surface area (Å²) >= 11 is 3.24. The Morgan fingerprint density at radius 2 is 1.84 bits per heavy atom. The van der Waals surface area contributed by atoms with Gasteiger partial charge in [-0.1, -0.05) is 0 Å². The standard InChI is InChI=1S/C12H13BrN2O3S/c1-8(11-6-7-12(13)18-11)15-9-2-4-10(5-3-9)19(14,16)17/h2-8,15H,1H3,(H2,14,16,17). The summed E-state index contributed by atoms with van der Waals surface area (Å²) < 4.78 is 28.4. The predicted octanol–water partition coefficient (Wildman–Crippen LogP) is 2.86. The molecule has 1 heterocycles. The third kappa shape index (κ3) is 3.59. The number of hydrogen-bond donors (Lipinski definition) is 2. The Morgan fingerprint density at radius 1 is 1.21 bits per heavy atom. The van der Waals surface area contributed by atoms with E-state index in [1.807, 2.05) is 19.1 Å². The smallest absolute Gasteiger partial charge is 0.238 e. The Bertz CT molecular complexity index is 665. The number of benzene rings is 1. The molecular formula is C12H13BrN2O3S. The summed E-state index contributed by atoms with van der Waals surface area (Å²) in [7, 11) is -3.65.